The molecule has 4 rings (SSSR count). The summed E-state index contributed by atoms with van der Waals surface area (Å²) in [5, 5.41) is 5.88. The van der Waals surface area contributed by atoms with Crippen molar-refractivity contribution in [3.05, 3.63) is 95.1 Å². The molecule has 3 aromatic carbocycles. The van der Waals surface area contributed by atoms with E-state index in [2.05, 4.69) is 10.6 Å². The van der Waals surface area contributed by atoms with Crippen LogP contribution in [0, 0.1) is 0 Å². The summed E-state index contributed by atoms with van der Waals surface area (Å²) in [6, 6.07) is 20.1. The van der Waals surface area contributed by atoms with Crippen molar-refractivity contribution >= 4 is 11.9 Å². The Labute approximate surface area is 208 Å². The van der Waals surface area contributed by atoms with Gasteiger partial charge in [0.1, 0.15) is 0 Å². The van der Waals surface area contributed by atoms with E-state index in [9.17, 15) is 22.8 Å². The summed E-state index contributed by atoms with van der Waals surface area (Å²) in [4.78, 5) is 26.2. The molecule has 3 aromatic rings. The van der Waals surface area contributed by atoms with E-state index < -0.39 is 11.7 Å². The Morgan fingerprint density at radius 3 is 2.36 bits per heavy atom. The summed E-state index contributed by atoms with van der Waals surface area (Å²) in [5.41, 5.74) is 3.91. The van der Waals surface area contributed by atoms with Gasteiger partial charge in [-0.3, -0.25) is 4.79 Å². The maximum absolute atomic E-state index is 13.2. The monoisotopic (exact) mass is 495 g/mol. The first kappa shape index (κ1) is 25.3. The summed E-state index contributed by atoms with van der Waals surface area (Å²) in [7, 11) is 0. The third-order valence-corrected chi connectivity index (χ3v) is 6.38. The number of alkyl halides is 3. The molecule has 8 heteroatoms. The number of fused-ring (bicyclic) bond motifs is 1. The first-order valence-electron chi connectivity index (χ1n) is 11.9. The number of carbonyl (C=O) groups is 2. The molecule has 0 unspecified atom stereocenters. The van der Waals surface area contributed by atoms with Gasteiger partial charge in [0, 0.05) is 26.6 Å². The van der Waals surface area contributed by atoms with Crippen molar-refractivity contribution in [3.8, 4) is 11.1 Å². The largest absolute Gasteiger partial charge is 0.416 e. The first-order valence-corrected chi connectivity index (χ1v) is 11.9. The molecule has 2 N–H and O–H groups in total. The number of halogens is 3. The van der Waals surface area contributed by atoms with E-state index in [1.165, 1.54) is 19.1 Å². The quantitative estimate of drug-likeness (QED) is 0.460. The third kappa shape index (κ3) is 6.05. The molecule has 1 atom stereocenters. The standard InChI is InChI=1S/C28H28F3N3O2/c1-19(35)32-16-14-26(21-6-3-2-4-7-21)33-27(36)34-17-15-25-22(18-34)8-5-9-24(25)20-10-12-23(13-11-20)28(29,30)31/h2-13,26H,14-18H2,1H3,(H,32,35)(H,33,36)/t26-/m0/s1. The number of hydrogen-bond acceptors (Lipinski definition) is 2. The molecule has 36 heavy (non-hydrogen) atoms. The van der Waals surface area contributed by atoms with Gasteiger partial charge in [-0.2, -0.15) is 13.2 Å². The van der Waals surface area contributed by atoms with Gasteiger partial charge < -0.3 is 15.5 Å². The van der Waals surface area contributed by atoms with E-state index in [1.54, 1.807) is 4.90 Å². The van der Waals surface area contributed by atoms with Crippen LogP contribution in [-0.2, 0) is 23.9 Å². The fraction of sp³-hybridized carbons (Fsp3) is 0.286. The Morgan fingerprint density at radius 2 is 1.69 bits per heavy atom. The van der Waals surface area contributed by atoms with Crippen LogP contribution < -0.4 is 10.6 Å². The smallest absolute Gasteiger partial charge is 0.356 e. The molecule has 1 heterocycles. The van der Waals surface area contributed by atoms with Gasteiger partial charge in [0.15, 0.2) is 0 Å². The minimum atomic E-state index is -4.37. The van der Waals surface area contributed by atoms with Gasteiger partial charge >= 0.3 is 12.2 Å². The van der Waals surface area contributed by atoms with E-state index >= 15 is 0 Å². The van der Waals surface area contributed by atoms with E-state index in [4.69, 9.17) is 0 Å². The number of hydrogen-bond donors (Lipinski definition) is 2. The predicted octanol–water partition coefficient (Wildman–Crippen LogP) is 5.71. The maximum atomic E-state index is 13.2. The van der Waals surface area contributed by atoms with E-state index in [1.807, 2.05) is 48.5 Å². The number of rotatable bonds is 6. The highest BCUT2D eigenvalue weighted by molar-refractivity contribution is 5.76. The molecule has 0 saturated heterocycles. The summed E-state index contributed by atoms with van der Waals surface area (Å²) >= 11 is 0. The van der Waals surface area contributed by atoms with Crippen molar-refractivity contribution in [2.24, 2.45) is 0 Å². The van der Waals surface area contributed by atoms with Crippen molar-refractivity contribution < 1.29 is 22.8 Å². The number of urea groups is 1. The highest BCUT2D eigenvalue weighted by Gasteiger charge is 2.30. The lowest BCUT2D eigenvalue weighted by Gasteiger charge is -2.32. The number of amides is 3. The van der Waals surface area contributed by atoms with Gasteiger partial charge in [0.2, 0.25) is 5.91 Å². The number of carbonyl (C=O) groups excluding carboxylic acids is 2. The Bertz CT molecular complexity index is 1210. The van der Waals surface area contributed by atoms with Gasteiger partial charge in [0.25, 0.3) is 0 Å². The zero-order chi connectivity index (χ0) is 25.7. The van der Waals surface area contributed by atoms with Crippen molar-refractivity contribution in [3.63, 3.8) is 0 Å². The van der Waals surface area contributed by atoms with Crippen LogP contribution in [0.25, 0.3) is 11.1 Å². The van der Waals surface area contributed by atoms with Crippen LogP contribution in [0.5, 0.6) is 0 Å². The molecule has 0 saturated carbocycles. The summed E-state index contributed by atoms with van der Waals surface area (Å²) in [6.45, 7) is 2.79. The number of nitrogens with one attached hydrogen (secondary N) is 2. The van der Waals surface area contributed by atoms with Gasteiger partial charge in [-0.05, 0) is 52.8 Å². The van der Waals surface area contributed by atoms with Crippen LogP contribution >= 0.6 is 0 Å². The molecule has 0 bridgehead atoms. The average molecular weight is 496 g/mol. The van der Waals surface area contributed by atoms with Crippen LogP contribution in [0.3, 0.4) is 0 Å². The fourth-order valence-corrected chi connectivity index (χ4v) is 4.53. The highest BCUT2D eigenvalue weighted by atomic mass is 19.4. The minimum Gasteiger partial charge on any atom is -0.356 e. The van der Waals surface area contributed by atoms with Crippen LogP contribution in [0.1, 0.15) is 41.6 Å². The zero-order valence-corrected chi connectivity index (χ0v) is 19.9. The molecule has 0 spiro atoms. The molecule has 0 fully saturated rings. The zero-order valence-electron chi connectivity index (χ0n) is 19.9. The van der Waals surface area contributed by atoms with Crippen LogP contribution in [0.4, 0.5) is 18.0 Å². The van der Waals surface area contributed by atoms with Crippen LogP contribution in [0.15, 0.2) is 72.8 Å². The Balaban J connectivity index is 1.48. The van der Waals surface area contributed by atoms with Gasteiger partial charge in [-0.1, -0.05) is 60.7 Å². The third-order valence-electron chi connectivity index (χ3n) is 6.38. The molecule has 5 nitrogen and oxygen atoms in total. The SMILES string of the molecule is CC(=O)NCC[C@H](NC(=O)N1CCc2c(cccc2-c2ccc(C(F)(F)F)cc2)C1)c1ccccc1. The number of benzene rings is 3. The average Bonchev–Trinajstić information content (AvgIpc) is 2.87. The lowest BCUT2D eigenvalue weighted by atomic mass is 9.90. The van der Waals surface area contributed by atoms with Gasteiger partial charge in [-0.15, -0.1) is 0 Å². The Hall–Kier alpha value is -3.81. The fourth-order valence-electron chi connectivity index (χ4n) is 4.53. The van der Waals surface area contributed by atoms with E-state index in [0.29, 0.717) is 32.5 Å². The van der Waals surface area contributed by atoms with Crippen molar-refractivity contribution in [1.82, 2.24) is 15.5 Å². The summed E-state index contributed by atoms with van der Waals surface area (Å²) in [5.74, 6) is -0.121. The second-order valence-electron chi connectivity index (χ2n) is 8.87. The molecule has 3 amide bonds. The van der Waals surface area contributed by atoms with Crippen molar-refractivity contribution in [1.29, 1.82) is 0 Å². The highest BCUT2D eigenvalue weighted by Crippen LogP contribution is 2.34. The molecule has 1 aliphatic rings. The van der Waals surface area contributed by atoms with Crippen molar-refractivity contribution in [2.45, 2.75) is 38.5 Å². The van der Waals surface area contributed by atoms with Crippen LogP contribution in [-0.4, -0.2) is 29.9 Å². The van der Waals surface area contributed by atoms with E-state index in [0.717, 1.165) is 39.9 Å². The molecule has 0 aromatic heterocycles. The molecular weight excluding hydrogens is 467 g/mol. The summed E-state index contributed by atoms with van der Waals surface area (Å²) in [6.07, 6.45) is -3.22. The predicted molar refractivity (Wildman–Crippen MR) is 132 cm³/mol. The second kappa shape index (κ2) is 10.8. The van der Waals surface area contributed by atoms with Gasteiger partial charge in [0.05, 0.1) is 11.6 Å². The molecule has 188 valence electrons. The molecule has 1 aliphatic heterocycles. The lowest BCUT2D eigenvalue weighted by Crippen LogP contribution is -2.44. The Morgan fingerprint density at radius 1 is 0.972 bits per heavy atom. The second-order valence-corrected chi connectivity index (χ2v) is 8.87. The van der Waals surface area contributed by atoms with Gasteiger partial charge in [-0.25, -0.2) is 4.79 Å². The maximum Gasteiger partial charge on any atom is 0.416 e. The van der Waals surface area contributed by atoms with E-state index in [-0.39, 0.29) is 18.0 Å². The first-order chi connectivity index (χ1) is 17.2. The lowest BCUT2D eigenvalue weighted by molar-refractivity contribution is -0.137. The molecule has 0 aliphatic carbocycles. The molecular formula is C28H28F3N3O2. The number of nitrogens with zero attached hydrogens (tertiary/aromatic N) is 1. The minimum absolute atomic E-state index is 0.121. The molecule has 0 radical (unpaired) electrons. The van der Waals surface area contributed by atoms with Crippen LogP contribution in [0.2, 0.25) is 0 Å². The summed E-state index contributed by atoms with van der Waals surface area (Å²) < 4.78 is 38.9. The Kier molecular flexibility index (Phi) is 7.62. The van der Waals surface area contributed by atoms with Crippen molar-refractivity contribution in [2.75, 3.05) is 13.1 Å². The topological polar surface area (TPSA) is 61.4 Å². The normalized spacial score (nSPS) is 14.1.